The number of aliphatic hydroxyl groups is 1. The topological polar surface area (TPSA) is 112 Å². The number of carbonyl (C=O) groups excluding carboxylic acids is 2. The Morgan fingerprint density at radius 1 is 1.02 bits per heavy atom. The van der Waals surface area contributed by atoms with Crippen molar-refractivity contribution in [3.05, 3.63) is 70.6 Å². The van der Waals surface area contributed by atoms with Crippen molar-refractivity contribution in [2.24, 2.45) is 5.92 Å². The highest BCUT2D eigenvalue weighted by Crippen LogP contribution is 2.45. The van der Waals surface area contributed by atoms with E-state index in [1.165, 1.54) is 6.07 Å². The third-order valence-electron chi connectivity index (χ3n) is 8.85. The molecule has 1 N–H and O–H groups in total. The van der Waals surface area contributed by atoms with Gasteiger partial charge in [0.1, 0.15) is 30.7 Å². The van der Waals surface area contributed by atoms with Crippen LogP contribution in [0.4, 0.5) is 4.39 Å². The Hall–Kier alpha value is -2.82. The Labute approximate surface area is 280 Å². The lowest BCUT2D eigenvalue weighted by Crippen LogP contribution is -2.48. The maximum absolute atomic E-state index is 15.1. The van der Waals surface area contributed by atoms with Crippen LogP contribution in [0.2, 0.25) is 51.4 Å². The molecule has 2 aromatic heterocycles. The number of ketones is 1. The fraction of sp³-hybridized carbons (Fsp3) is 0.588. The summed E-state index contributed by atoms with van der Waals surface area (Å²) in [4.78, 5) is 28.5. The molecule has 1 unspecified atom stereocenters. The number of likely N-dealkylation sites (tertiary alicyclic amines) is 1. The minimum Gasteiger partial charge on any atom is -0.395 e. The number of Topliss-reactive ketones (excluding diaryl/α,β-unsaturated/α-hetero) is 1. The minimum absolute atomic E-state index is 0.0840. The standard InChI is InChI=1S/C34H52FN5O5Si2/c1-25-27(9-8-10-30(25)35)33-28(32-19-26(22-42)36-40(32)24-45-16-18-47(5,6)7)20-38(13-14-41)21-29(33)34(43)31-11-12-39(37-31)23-44-15-17-46(2,3)4/h8-12,19,22,28-29,33,41H,13-18,20-21,23-24H2,1-7H3/t28-,29-,33?/m0/s1. The molecule has 1 aliphatic heterocycles. The van der Waals surface area contributed by atoms with E-state index < -0.39 is 28.0 Å². The summed E-state index contributed by atoms with van der Waals surface area (Å²) < 4.78 is 30.4. The average Bonchev–Trinajstić information content (AvgIpc) is 3.65. The van der Waals surface area contributed by atoms with E-state index in [9.17, 15) is 14.7 Å². The summed E-state index contributed by atoms with van der Waals surface area (Å²) in [5.74, 6) is -1.95. The Kier molecular flexibility index (Phi) is 12.6. The van der Waals surface area contributed by atoms with Gasteiger partial charge >= 0.3 is 0 Å². The highest BCUT2D eigenvalue weighted by Gasteiger charge is 2.45. The van der Waals surface area contributed by atoms with Crippen LogP contribution in [-0.2, 0) is 22.9 Å². The molecular formula is C34H52FN5O5Si2. The minimum atomic E-state index is -1.33. The van der Waals surface area contributed by atoms with Crippen LogP contribution in [0.15, 0.2) is 36.5 Å². The highest BCUT2D eigenvalue weighted by molar-refractivity contribution is 6.76. The molecule has 3 atom stereocenters. The summed E-state index contributed by atoms with van der Waals surface area (Å²) in [6.45, 7) is 18.2. The SMILES string of the molecule is Cc1c(F)cccc1C1[C@@H](C(=O)c2ccn(COCC[Si](C)(C)C)n2)CN(CCO)C[C@H]1c1cc(C=O)nn1COCC[Si](C)(C)C. The van der Waals surface area contributed by atoms with Crippen LogP contribution in [0.1, 0.15) is 49.6 Å². The Bertz CT molecular complexity index is 1500. The summed E-state index contributed by atoms with van der Waals surface area (Å²) >= 11 is 0. The molecule has 47 heavy (non-hydrogen) atoms. The first-order valence-electron chi connectivity index (χ1n) is 16.5. The van der Waals surface area contributed by atoms with Crippen molar-refractivity contribution in [1.82, 2.24) is 24.5 Å². The number of β-amino-alcohol motifs (C(OH)–C–C–N with tert-alkyl or cyclic N) is 1. The second-order valence-corrected chi connectivity index (χ2v) is 26.3. The lowest BCUT2D eigenvalue weighted by Gasteiger charge is -2.44. The number of halogens is 1. The molecule has 0 spiro atoms. The fourth-order valence-electron chi connectivity index (χ4n) is 6.14. The predicted octanol–water partition coefficient (Wildman–Crippen LogP) is 5.64. The Morgan fingerprint density at radius 2 is 1.70 bits per heavy atom. The molecule has 0 amide bonds. The van der Waals surface area contributed by atoms with Gasteiger partial charge in [0.25, 0.3) is 0 Å². The lowest BCUT2D eigenvalue weighted by molar-refractivity contribution is 0.0605. The van der Waals surface area contributed by atoms with Gasteiger partial charge in [-0.1, -0.05) is 51.4 Å². The first kappa shape index (κ1) is 37.0. The van der Waals surface area contributed by atoms with Gasteiger partial charge in [0, 0.05) is 78.6 Å². The number of hydrogen-bond donors (Lipinski definition) is 1. The predicted molar refractivity (Wildman–Crippen MR) is 186 cm³/mol. The number of hydrogen-bond acceptors (Lipinski definition) is 8. The second-order valence-electron chi connectivity index (χ2n) is 15.1. The molecule has 0 bridgehead atoms. The molecule has 1 saturated heterocycles. The van der Waals surface area contributed by atoms with Crippen molar-refractivity contribution in [2.45, 2.75) is 83.6 Å². The van der Waals surface area contributed by atoms with E-state index in [1.54, 1.807) is 40.7 Å². The first-order valence-corrected chi connectivity index (χ1v) is 24.0. The number of aldehydes is 1. The Balaban J connectivity index is 1.71. The van der Waals surface area contributed by atoms with E-state index in [-0.39, 0.29) is 43.3 Å². The maximum Gasteiger partial charge on any atom is 0.188 e. The summed E-state index contributed by atoms with van der Waals surface area (Å²) in [6, 6.07) is 10.5. The summed E-state index contributed by atoms with van der Waals surface area (Å²) in [7, 11) is -2.57. The van der Waals surface area contributed by atoms with Gasteiger partial charge in [-0.3, -0.25) is 14.5 Å². The van der Waals surface area contributed by atoms with Crippen LogP contribution >= 0.6 is 0 Å². The van der Waals surface area contributed by atoms with E-state index in [0.717, 1.165) is 23.3 Å². The quantitative estimate of drug-likeness (QED) is 0.0842. The zero-order valence-electron chi connectivity index (χ0n) is 29.0. The highest BCUT2D eigenvalue weighted by atomic mass is 28.3. The van der Waals surface area contributed by atoms with Crippen LogP contribution in [-0.4, -0.2) is 97.2 Å². The molecule has 1 aromatic carbocycles. The number of aromatic nitrogens is 4. The van der Waals surface area contributed by atoms with Crippen molar-refractivity contribution >= 4 is 28.2 Å². The van der Waals surface area contributed by atoms with Gasteiger partial charge in [-0.2, -0.15) is 10.2 Å². The molecule has 3 aromatic rings. The smallest absolute Gasteiger partial charge is 0.188 e. The molecule has 1 aliphatic rings. The van der Waals surface area contributed by atoms with Crippen molar-refractivity contribution in [2.75, 3.05) is 39.5 Å². The lowest BCUT2D eigenvalue weighted by atomic mass is 9.69. The monoisotopic (exact) mass is 685 g/mol. The number of rotatable bonds is 17. The molecule has 0 radical (unpaired) electrons. The molecule has 0 saturated carbocycles. The molecule has 1 fully saturated rings. The number of benzene rings is 1. The molecule has 0 aliphatic carbocycles. The Morgan fingerprint density at radius 3 is 2.34 bits per heavy atom. The van der Waals surface area contributed by atoms with Crippen molar-refractivity contribution in [1.29, 1.82) is 0 Å². The fourth-order valence-corrected chi connectivity index (χ4v) is 7.65. The molecule has 4 rings (SSSR count). The zero-order chi connectivity index (χ0) is 34.4. The second kappa shape index (κ2) is 16.1. The summed E-state index contributed by atoms with van der Waals surface area (Å²) in [5, 5.41) is 19.1. The van der Waals surface area contributed by atoms with Crippen molar-refractivity contribution in [3.8, 4) is 0 Å². The van der Waals surface area contributed by atoms with Crippen LogP contribution in [0.25, 0.3) is 0 Å². The average molecular weight is 686 g/mol. The normalized spacial score (nSPS) is 19.3. The summed E-state index contributed by atoms with van der Waals surface area (Å²) in [5.41, 5.74) is 2.51. The molecule has 258 valence electrons. The number of ether oxygens (including phenoxy) is 2. The van der Waals surface area contributed by atoms with Gasteiger partial charge in [0.2, 0.25) is 0 Å². The van der Waals surface area contributed by atoms with Crippen LogP contribution in [0.3, 0.4) is 0 Å². The van der Waals surface area contributed by atoms with Gasteiger partial charge in [-0.05, 0) is 48.3 Å². The van der Waals surface area contributed by atoms with E-state index >= 15 is 4.39 Å². The van der Waals surface area contributed by atoms with E-state index in [4.69, 9.17) is 9.47 Å². The third kappa shape index (κ3) is 10.1. The number of aliphatic hydroxyl groups excluding tert-OH is 1. The van der Waals surface area contributed by atoms with Crippen molar-refractivity contribution < 1.29 is 28.6 Å². The van der Waals surface area contributed by atoms with Gasteiger partial charge < -0.3 is 14.6 Å². The van der Waals surface area contributed by atoms with Crippen LogP contribution < -0.4 is 0 Å². The zero-order valence-corrected chi connectivity index (χ0v) is 31.0. The number of carbonyl (C=O) groups is 2. The molecule has 3 heterocycles. The molecular weight excluding hydrogens is 634 g/mol. The van der Waals surface area contributed by atoms with Crippen LogP contribution in [0.5, 0.6) is 0 Å². The molecule has 10 nitrogen and oxygen atoms in total. The van der Waals surface area contributed by atoms with E-state index in [2.05, 4.69) is 54.4 Å². The van der Waals surface area contributed by atoms with E-state index in [1.807, 2.05) is 6.07 Å². The number of piperidine rings is 1. The van der Waals surface area contributed by atoms with Crippen molar-refractivity contribution in [3.63, 3.8) is 0 Å². The third-order valence-corrected chi connectivity index (χ3v) is 12.3. The maximum atomic E-state index is 15.1. The van der Waals surface area contributed by atoms with Gasteiger partial charge in [0.05, 0.1) is 6.61 Å². The summed E-state index contributed by atoms with van der Waals surface area (Å²) in [6.07, 6.45) is 2.46. The largest absolute Gasteiger partial charge is 0.395 e. The van der Waals surface area contributed by atoms with Gasteiger partial charge in [-0.25, -0.2) is 13.8 Å². The molecule has 13 heteroatoms. The van der Waals surface area contributed by atoms with E-state index in [0.29, 0.717) is 50.4 Å². The van der Waals surface area contributed by atoms with Gasteiger partial charge in [-0.15, -0.1) is 0 Å². The van der Waals surface area contributed by atoms with Gasteiger partial charge in [0.15, 0.2) is 12.1 Å². The van der Waals surface area contributed by atoms with Crippen LogP contribution in [0, 0.1) is 18.7 Å². The first-order chi connectivity index (χ1) is 22.2. The number of nitrogens with zero attached hydrogens (tertiary/aromatic N) is 5.